The molecule has 0 atom stereocenters. The van der Waals surface area contributed by atoms with Crippen LogP contribution < -0.4 is 5.32 Å². The number of hydrogen-bond donors (Lipinski definition) is 1. The summed E-state index contributed by atoms with van der Waals surface area (Å²) in [4.78, 5) is 42.1. The number of pyridine rings is 1. The van der Waals surface area contributed by atoms with Crippen molar-refractivity contribution in [1.29, 1.82) is 0 Å². The number of piperazine rings is 1. The van der Waals surface area contributed by atoms with Crippen LogP contribution in [0.3, 0.4) is 0 Å². The van der Waals surface area contributed by atoms with Crippen molar-refractivity contribution in [3.05, 3.63) is 34.1 Å². The highest BCUT2D eigenvalue weighted by Crippen LogP contribution is 2.41. The molecule has 0 radical (unpaired) electrons. The van der Waals surface area contributed by atoms with Gasteiger partial charge in [-0.1, -0.05) is 30.9 Å². The molecule has 9 heteroatoms. The zero-order valence-electron chi connectivity index (χ0n) is 18.3. The Kier molecular flexibility index (Phi) is 5.57. The molecule has 32 heavy (non-hydrogen) atoms. The number of amides is 3. The molecule has 170 valence electrons. The fraction of sp³-hybridized carbons (Fsp3) is 0.565. The first kappa shape index (κ1) is 21.2. The van der Waals surface area contributed by atoms with E-state index >= 15 is 0 Å². The normalized spacial score (nSPS) is 20.1. The molecule has 2 aromatic heterocycles. The van der Waals surface area contributed by atoms with Crippen LogP contribution in [-0.4, -0.2) is 69.9 Å². The molecule has 0 bridgehead atoms. The summed E-state index contributed by atoms with van der Waals surface area (Å²) in [6.45, 7) is 1.03. The van der Waals surface area contributed by atoms with Crippen LogP contribution in [0.1, 0.15) is 77.4 Å². The number of halogens is 1. The average molecular weight is 458 g/mol. The van der Waals surface area contributed by atoms with Gasteiger partial charge in [-0.2, -0.15) is 5.10 Å². The Labute approximate surface area is 191 Å². The van der Waals surface area contributed by atoms with E-state index in [2.05, 4.69) is 10.4 Å². The molecule has 8 nitrogen and oxygen atoms in total. The summed E-state index contributed by atoms with van der Waals surface area (Å²) < 4.78 is 1.44. The second-order valence-corrected chi connectivity index (χ2v) is 9.47. The van der Waals surface area contributed by atoms with Crippen LogP contribution in [0.25, 0.3) is 5.52 Å². The lowest BCUT2D eigenvalue weighted by molar-refractivity contribution is -0.138. The number of nitrogens with one attached hydrogen (secondary N) is 1. The molecular formula is C23H28ClN5O3. The van der Waals surface area contributed by atoms with Crippen LogP contribution >= 0.6 is 11.6 Å². The summed E-state index contributed by atoms with van der Waals surface area (Å²) in [7, 11) is 1.56. The van der Waals surface area contributed by atoms with Crippen molar-refractivity contribution in [3.8, 4) is 0 Å². The predicted octanol–water partition coefficient (Wildman–Crippen LogP) is 2.84. The number of rotatable bonds is 4. The average Bonchev–Trinajstić information content (AvgIpc) is 3.62. The Bertz CT molecular complexity index is 1090. The van der Waals surface area contributed by atoms with Gasteiger partial charge in [-0.25, -0.2) is 4.52 Å². The van der Waals surface area contributed by atoms with Crippen LogP contribution in [-0.2, 0) is 4.79 Å². The highest BCUT2D eigenvalue weighted by atomic mass is 35.5. The first-order chi connectivity index (χ1) is 15.5. The Morgan fingerprint density at radius 1 is 1.09 bits per heavy atom. The number of carbonyl (C=O) groups excluding carboxylic acids is 3. The molecule has 0 spiro atoms. The Morgan fingerprint density at radius 2 is 1.84 bits per heavy atom. The molecule has 0 unspecified atom stereocenters. The number of hydrogen-bond acceptors (Lipinski definition) is 4. The fourth-order valence-electron chi connectivity index (χ4n) is 5.01. The first-order valence-corrected chi connectivity index (χ1v) is 11.9. The summed E-state index contributed by atoms with van der Waals surface area (Å²) in [5.74, 6) is -0.254. The van der Waals surface area contributed by atoms with Gasteiger partial charge in [-0.3, -0.25) is 14.4 Å². The molecular weight excluding hydrogens is 430 g/mol. The van der Waals surface area contributed by atoms with Crippen molar-refractivity contribution >= 4 is 34.8 Å². The minimum atomic E-state index is -0.369. The third kappa shape index (κ3) is 3.74. The van der Waals surface area contributed by atoms with Crippen molar-refractivity contribution in [2.45, 2.75) is 56.9 Å². The summed E-state index contributed by atoms with van der Waals surface area (Å²) in [6.07, 6.45) is 7.79. The van der Waals surface area contributed by atoms with Crippen molar-refractivity contribution < 1.29 is 14.4 Å². The second kappa shape index (κ2) is 8.39. The topological polar surface area (TPSA) is 87.0 Å². The van der Waals surface area contributed by atoms with Gasteiger partial charge in [0.2, 0.25) is 5.91 Å². The summed E-state index contributed by atoms with van der Waals surface area (Å²) >= 11 is 6.62. The summed E-state index contributed by atoms with van der Waals surface area (Å²) in [5.41, 5.74) is 2.02. The lowest BCUT2D eigenvalue weighted by atomic mass is 9.93. The van der Waals surface area contributed by atoms with Gasteiger partial charge in [0.25, 0.3) is 11.8 Å². The molecule has 2 aromatic rings. The Hall–Kier alpha value is -2.61. The highest BCUT2D eigenvalue weighted by Gasteiger charge is 2.35. The maximum Gasteiger partial charge on any atom is 0.276 e. The third-order valence-corrected chi connectivity index (χ3v) is 7.34. The van der Waals surface area contributed by atoms with Crippen LogP contribution in [0, 0.1) is 0 Å². The van der Waals surface area contributed by atoms with E-state index in [1.165, 1.54) is 15.8 Å². The molecule has 1 saturated heterocycles. The lowest BCUT2D eigenvalue weighted by Crippen LogP contribution is -2.55. The summed E-state index contributed by atoms with van der Waals surface area (Å²) in [6, 6.07) is 4.04. The van der Waals surface area contributed by atoms with E-state index in [0.29, 0.717) is 36.3 Å². The zero-order valence-corrected chi connectivity index (χ0v) is 19.0. The maximum absolute atomic E-state index is 13.3. The number of fused-ring (bicyclic) bond motifs is 1. The minimum absolute atomic E-state index is 0.0153. The van der Waals surface area contributed by atoms with E-state index in [-0.39, 0.29) is 35.0 Å². The van der Waals surface area contributed by atoms with Gasteiger partial charge in [0, 0.05) is 26.2 Å². The minimum Gasteiger partial charge on any atom is -0.354 e. The summed E-state index contributed by atoms with van der Waals surface area (Å²) in [5, 5.41) is 7.28. The van der Waals surface area contributed by atoms with E-state index in [9.17, 15) is 14.4 Å². The van der Waals surface area contributed by atoms with Gasteiger partial charge >= 0.3 is 0 Å². The molecule has 3 heterocycles. The Morgan fingerprint density at radius 3 is 2.50 bits per heavy atom. The lowest BCUT2D eigenvalue weighted by Gasteiger charge is -2.40. The molecule has 2 saturated carbocycles. The van der Waals surface area contributed by atoms with Gasteiger partial charge in [0.15, 0.2) is 5.69 Å². The largest absolute Gasteiger partial charge is 0.354 e. The molecule has 3 amide bonds. The highest BCUT2D eigenvalue weighted by molar-refractivity contribution is 6.37. The SMILES string of the molecule is CNC(=O)c1cc(C2CC2)cc2c(Cl)c(C(=O)N3CCN(C4CCCCC4)C(=O)C3)nn12. The molecule has 0 aromatic carbocycles. The maximum atomic E-state index is 13.3. The fourth-order valence-corrected chi connectivity index (χ4v) is 5.26. The molecule has 2 aliphatic carbocycles. The first-order valence-electron chi connectivity index (χ1n) is 11.5. The smallest absolute Gasteiger partial charge is 0.276 e. The number of nitrogens with zero attached hydrogens (tertiary/aromatic N) is 4. The van der Waals surface area contributed by atoms with Crippen LogP contribution in [0.2, 0.25) is 5.02 Å². The predicted molar refractivity (Wildman–Crippen MR) is 120 cm³/mol. The Balaban J connectivity index is 1.42. The van der Waals surface area contributed by atoms with Gasteiger partial charge in [-0.05, 0) is 49.3 Å². The van der Waals surface area contributed by atoms with E-state index in [1.54, 1.807) is 7.05 Å². The zero-order chi connectivity index (χ0) is 22.4. The third-order valence-electron chi connectivity index (χ3n) is 6.97. The van der Waals surface area contributed by atoms with Crippen molar-refractivity contribution in [1.82, 2.24) is 24.7 Å². The van der Waals surface area contributed by atoms with Crippen molar-refractivity contribution in [2.24, 2.45) is 0 Å². The molecule has 3 fully saturated rings. The number of carbonyl (C=O) groups is 3. The monoisotopic (exact) mass is 457 g/mol. The van der Waals surface area contributed by atoms with E-state index in [1.807, 2.05) is 17.0 Å². The van der Waals surface area contributed by atoms with Crippen LogP contribution in [0.15, 0.2) is 12.1 Å². The van der Waals surface area contributed by atoms with Gasteiger partial charge in [0.05, 0.1) is 10.5 Å². The molecule has 1 N–H and O–H groups in total. The van der Waals surface area contributed by atoms with Crippen LogP contribution in [0.4, 0.5) is 0 Å². The molecule has 1 aliphatic heterocycles. The van der Waals surface area contributed by atoms with E-state index in [4.69, 9.17) is 11.6 Å². The van der Waals surface area contributed by atoms with Crippen LogP contribution in [0.5, 0.6) is 0 Å². The standard InChI is InChI=1S/C23H28ClN5O3/c1-25-22(31)18-12-15(14-7-8-14)11-17-20(24)21(26-29(17)18)23(32)27-9-10-28(19(30)13-27)16-5-3-2-4-6-16/h11-12,14,16H,2-10,13H2,1H3,(H,25,31). The quantitative estimate of drug-likeness (QED) is 0.764. The molecule has 5 rings (SSSR count). The number of aromatic nitrogens is 2. The van der Waals surface area contributed by atoms with Crippen molar-refractivity contribution in [3.63, 3.8) is 0 Å². The van der Waals surface area contributed by atoms with E-state index < -0.39 is 0 Å². The van der Waals surface area contributed by atoms with Gasteiger partial charge in [0.1, 0.15) is 12.2 Å². The van der Waals surface area contributed by atoms with E-state index in [0.717, 1.165) is 44.1 Å². The van der Waals surface area contributed by atoms with Gasteiger partial charge < -0.3 is 15.1 Å². The second-order valence-electron chi connectivity index (χ2n) is 9.09. The molecule has 3 aliphatic rings. The van der Waals surface area contributed by atoms with Crippen molar-refractivity contribution in [2.75, 3.05) is 26.7 Å². The van der Waals surface area contributed by atoms with Gasteiger partial charge in [-0.15, -0.1) is 0 Å².